The second-order valence-electron chi connectivity index (χ2n) is 3.09. The zero-order valence-corrected chi connectivity index (χ0v) is 9.35. The molecule has 2 rings (SSSR count). The first kappa shape index (κ1) is 9.68. The fourth-order valence-corrected chi connectivity index (χ4v) is 2.30. The number of thiophene rings is 1. The van der Waals surface area contributed by atoms with Crippen LogP contribution in [0.5, 0.6) is 0 Å². The second-order valence-corrected chi connectivity index (χ2v) is 4.10. The zero-order valence-electron chi connectivity index (χ0n) is 7.77. The molecule has 0 spiro atoms. The third-order valence-corrected chi connectivity index (χ3v) is 3.27. The van der Waals surface area contributed by atoms with E-state index < -0.39 is 0 Å². The summed E-state index contributed by atoms with van der Waals surface area (Å²) in [5.41, 5.74) is 2.62. The molecule has 0 aliphatic carbocycles. The normalized spacial score (nSPS) is 10.7. The molecule has 0 unspecified atom stereocenters. The highest BCUT2D eigenvalue weighted by Crippen LogP contribution is 2.15. The molecule has 0 radical (unpaired) electrons. The highest BCUT2D eigenvalue weighted by molar-refractivity contribution is 7.08. The minimum atomic E-state index is 0.406. The van der Waals surface area contributed by atoms with Crippen LogP contribution in [0.2, 0.25) is 0 Å². The molecule has 0 saturated carbocycles. The Balaban J connectivity index is 2.22. The number of aryl methyl sites for hydroxylation is 1. The number of nitrogens with zero attached hydrogens (tertiary/aromatic N) is 3. The quantitative estimate of drug-likeness (QED) is 0.755. The van der Waals surface area contributed by atoms with E-state index in [0.717, 1.165) is 12.4 Å². The van der Waals surface area contributed by atoms with Crippen LogP contribution in [0.3, 0.4) is 0 Å². The number of alkyl halides is 1. The lowest BCUT2D eigenvalue weighted by Crippen LogP contribution is -2.02. The summed E-state index contributed by atoms with van der Waals surface area (Å²) in [5.74, 6) is 1.22. The van der Waals surface area contributed by atoms with Gasteiger partial charge in [0, 0.05) is 0 Å². The van der Waals surface area contributed by atoms with Crippen molar-refractivity contribution in [2.24, 2.45) is 0 Å². The van der Waals surface area contributed by atoms with Crippen molar-refractivity contribution >= 4 is 22.9 Å². The second kappa shape index (κ2) is 4.11. The first-order valence-corrected chi connectivity index (χ1v) is 5.73. The number of aromatic nitrogens is 3. The molecule has 0 atom stereocenters. The molecule has 0 bridgehead atoms. The Morgan fingerprint density at radius 3 is 3.00 bits per heavy atom. The number of rotatable bonds is 3. The number of halogens is 1. The molecule has 0 aliphatic rings. The Hall–Kier alpha value is -0.870. The van der Waals surface area contributed by atoms with Gasteiger partial charge in [0.15, 0.2) is 0 Å². The highest BCUT2D eigenvalue weighted by atomic mass is 35.5. The summed E-state index contributed by atoms with van der Waals surface area (Å²) in [6.45, 7) is 2.92. The van der Waals surface area contributed by atoms with Crippen molar-refractivity contribution in [2.45, 2.75) is 19.3 Å². The molecule has 0 fully saturated rings. The van der Waals surface area contributed by atoms with Crippen molar-refractivity contribution < 1.29 is 0 Å². The van der Waals surface area contributed by atoms with Gasteiger partial charge in [0.25, 0.3) is 0 Å². The smallest absolute Gasteiger partial charge is 0.148 e. The van der Waals surface area contributed by atoms with E-state index in [9.17, 15) is 0 Å². The van der Waals surface area contributed by atoms with Crippen LogP contribution in [-0.4, -0.2) is 14.8 Å². The Morgan fingerprint density at radius 2 is 2.36 bits per heavy atom. The summed E-state index contributed by atoms with van der Waals surface area (Å²) in [7, 11) is 0. The maximum Gasteiger partial charge on any atom is 0.148 e. The SMILES string of the molecule is Cc1cscc1Cn1cnnc1CCl. The molecule has 0 aromatic carbocycles. The number of hydrogen-bond acceptors (Lipinski definition) is 3. The predicted molar refractivity (Wildman–Crippen MR) is 57.7 cm³/mol. The Bertz CT molecular complexity index is 421. The molecular weight excluding hydrogens is 218 g/mol. The summed E-state index contributed by atoms with van der Waals surface area (Å²) in [6, 6.07) is 0. The molecule has 2 heterocycles. The van der Waals surface area contributed by atoms with Gasteiger partial charge in [0.05, 0.1) is 12.4 Å². The zero-order chi connectivity index (χ0) is 9.97. The van der Waals surface area contributed by atoms with Crippen LogP contribution < -0.4 is 0 Å². The van der Waals surface area contributed by atoms with Crippen molar-refractivity contribution in [3.63, 3.8) is 0 Å². The van der Waals surface area contributed by atoms with Gasteiger partial charge in [-0.2, -0.15) is 11.3 Å². The summed E-state index contributed by atoms with van der Waals surface area (Å²) in [6.07, 6.45) is 1.72. The maximum atomic E-state index is 5.73. The molecule has 14 heavy (non-hydrogen) atoms. The average Bonchev–Trinajstić information content (AvgIpc) is 2.77. The van der Waals surface area contributed by atoms with E-state index in [4.69, 9.17) is 11.6 Å². The lowest BCUT2D eigenvalue weighted by molar-refractivity contribution is 0.753. The van der Waals surface area contributed by atoms with Crippen molar-refractivity contribution in [1.82, 2.24) is 14.8 Å². The largest absolute Gasteiger partial charge is 0.312 e. The van der Waals surface area contributed by atoms with Gasteiger partial charge >= 0.3 is 0 Å². The standard InChI is InChI=1S/C9H10ClN3S/c1-7-4-14-5-8(7)3-13-6-11-12-9(13)2-10/h4-6H,2-3H2,1H3. The van der Waals surface area contributed by atoms with Crippen LogP contribution in [0.15, 0.2) is 17.1 Å². The lowest BCUT2D eigenvalue weighted by atomic mass is 10.2. The van der Waals surface area contributed by atoms with Gasteiger partial charge in [-0.15, -0.1) is 21.8 Å². The fourth-order valence-electron chi connectivity index (χ4n) is 1.25. The number of hydrogen-bond donors (Lipinski definition) is 0. The fraction of sp³-hybridized carbons (Fsp3) is 0.333. The first-order chi connectivity index (χ1) is 6.81. The minimum absolute atomic E-state index is 0.406. The van der Waals surface area contributed by atoms with E-state index in [1.54, 1.807) is 17.7 Å². The maximum absolute atomic E-state index is 5.73. The molecule has 0 aliphatic heterocycles. The molecule has 5 heteroatoms. The van der Waals surface area contributed by atoms with E-state index in [0.29, 0.717) is 5.88 Å². The molecule has 2 aromatic rings. The summed E-state index contributed by atoms with van der Waals surface area (Å²) in [4.78, 5) is 0. The van der Waals surface area contributed by atoms with E-state index in [1.165, 1.54) is 11.1 Å². The van der Waals surface area contributed by atoms with Crippen molar-refractivity contribution in [1.29, 1.82) is 0 Å². The monoisotopic (exact) mass is 227 g/mol. The van der Waals surface area contributed by atoms with E-state index in [1.807, 2.05) is 4.57 Å². The lowest BCUT2D eigenvalue weighted by Gasteiger charge is -2.03. The summed E-state index contributed by atoms with van der Waals surface area (Å²) in [5, 5.41) is 12.0. The molecular formula is C9H10ClN3S. The Morgan fingerprint density at radius 1 is 1.50 bits per heavy atom. The molecule has 74 valence electrons. The van der Waals surface area contributed by atoms with Crippen LogP contribution in [0.1, 0.15) is 17.0 Å². The Kier molecular flexibility index (Phi) is 2.84. The van der Waals surface area contributed by atoms with Gasteiger partial charge in [-0.05, 0) is 28.8 Å². The molecule has 2 aromatic heterocycles. The van der Waals surface area contributed by atoms with Crippen LogP contribution in [0.25, 0.3) is 0 Å². The van der Waals surface area contributed by atoms with Gasteiger partial charge in [-0.25, -0.2) is 0 Å². The molecule has 3 nitrogen and oxygen atoms in total. The molecule has 0 saturated heterocycles. The molecule has 0 amide bonds. The van der Waals surface area contributed by atoms with Gasteiger partial charge in [0.1, 0.15) is 12.2 Å². The van der Waals surface area contributed by atoms with Crippen molar-refractivity contribution in [3.05, 3.63) is 34.0 Å². The summed E-state index contributed by atoms with van der Waals surface area (Å²) < 4.78 is 1.97. The predicted octanol–water partition coefficient (Wildman–Crippen LogP) is 2.44. The third-order valence-electron chi connectivity index (χ3n) is 2.12. The first-order valence-electron chi connectivity index (χ1n) is 4.25. The van der Waals surface area contributed by atoms with Gasteiger partial charge in [-0.1, -0.05) is 0 Å². The van der Waals surface area contributed by atoms with Crippen LogP contribution in [0, 0.1) is 6.92 Å². The van der Waals surface area contributed by atoms with Crippen molar-refractivity contribution in [3.8, 4) is 0 Å². The topological polar surface area (TPSA) is 30.7 Å². The Labute approximate surface area is 91.4 Å². The van der Waals surface area contributed by atoms with Gasteiger partial charge < -0.3 is 4.57 Å². The van der Waals surface area contributed by atoms with Crippen LogP contribution in [-0.2, 0) is 12.4 Å². The van der Waals surface area contributed by atoms with E-state index in [-0.39, 0.29) is 0 Å². The average molecular weight is 228 g/mol. The van der Waals surface area contributed by atoms with Gasteiger partial charge in [0.2, 0.25) is 0 Å². The van der Waals surface area contributed by atoms with Gasteiger partial charge in [-0.3, -0.25) is 0 Å². The van der Waals surface area contributed by atoms with Crippen molar-refractivity contribution in [2.75, 3.05) is 0 Å². The summed E-state index contributed by atoms with van der Waals surface area (Å²) >= 11 is 7.45. The highest BCUT2D eigenvalue weighted by Gasteiger charge is 2.05. The van der Waals surface area contributed by atoms with Crippen LogP contribution in [0.4, 0.5) is 0 Å². The molecule has 0 N–H and O–H groups in total. The van der Waals surface area contributed by atoms with E-state index in [2.05, 4.69) is 27.9 Å². The van der Waals surface area contributed by atoms with E-state index >= 15 is 0 Å². The minimum Gasteiger partial charge on any atom is -0.312 e. The third kappa shape index (κ3) is 1.81. The van der Waals surface area contributed by atoms with Crippen LogP contribution >= 0.6 is 22.9 Å².